The number of amides is 1. The lowest BCUT2D eigenvalue weighted by molar-refractivity contribution is -0.00756. The number of ether oxygens (including phenoxy) is 3. The van der Waals surface area contributed by atoms with E-state index in [2.05, 4.69) is 24.0 Å². The molecule has 1 amide bonds. The topological polar surface area (TPSA) is 51.2 Å². The molecule has 0 radical (unpaired) electrons. The van der Waals surface area contributed by atoms with Crippen molar-refractivity contribution in [1.82, 2.24) is 9.80 Å². The molecule has 0 unspecified atom stereocenters. The lowest BCUT2D eigenvalue weighted by atomic mass is 9.75. The Kier molecular flexibility index (Phi) is 4.38. The first-order chi connectivity index (χ1) is 13.3. The lowest BCUT2D eigenvalue weighted by Crippen LogP contribution is -2.60. The van der Waals surface area contributed by atoms with E-state index >= 15 is 0 Å². The number of piperidine rings is 3. The number of likely N-dealkylation sites (tertiary alicyclic amines) is 1. The third-order valence-electron chi connectivity index (χ3n) is 6.78. The maximum absolute atomic E-state index is 12.9. The summed E-state index contributed by atoms with van der Waals surface area (Å²) >= 11 is 0. The zero-order valence-electron chi connectivity index (χ0n) is 15.9. The second-order valence-corrected chi connectivity index (χ2v) is 8.19. The second kappa shape index (κ2) is 6.89. The molecule has 2 bridgehead atoms. The fraction of sp³-hybridized carbons (Fsp3) is 0.667. The zero-order chi connectivity index (χ0) is 18.4. The normalized spacial score (nSPS) is 33.2. The number of nitrogens with zero attached hydrogens (tertiary/aromatic N) is 2. The van der Waals surface area contributed by atoms with Gasteiger partial charge in [0.05, 0.1) is 12.6 Å². The Morgan fingerprint density at radius 2 is 2.00 bits per heavy atom. The Morgan fingerprint density at radius 1 is 1.19 bits per heavy atom. The van der Waals surface area contributed by atoms with Crippen molar-refractivity contribution in [3.05, 3.63) is 23.8 Å². The first-order valence-corrected chi connectivity index (χ1v) is 10.3. The number of carbonyl (C=O) groups excluding carboxylic acids is 1. The van der Waals surface area contributed by atoms with Crippen LogP contribution in [0.15, 0.2) is 18.2 Å². The quantitative estimate of drug-likeness (QED) is 0.760. The molecule has 6 nitrogen and oxygen atoms in total. The molecule has 6 heteroatoms. The van der Waals surface area contributed by atoms with Gasteiger partial charge in [-0.1, -0.05) is 19.4 Å². The van der Waals surface area contributed by atoms with Gasteiger partial charge in [-0.3, -0.25) is 4.90 Å². The van der Waals surface area contributed by atoms with Crippen LogP contribution in [-0.2, 0) is 4.74 Å². The number of benzene rings is 1. The van der Waals surface area contributed by atoms with E-state index in [1.807, 2.05) is 11.0 Å². The van der Waals surface area contributed by atoms with Crippen molar-refractivity contribution < 1.29 is 19.0 Å². The van der Waals surface area contributed by atoms with Crippen molar-refractivity contribution in [3.63, 3.8) is 0 Å². The molecule has 4 saturated heterocycles. The first-order valence-electron chi connectivity index (χ1n) is 10.3. The third kappa shape index (κ3) is 2.85. The van der Waals surface area contributed by atoms with Gasteiger partial charge >= 0.3 is 6.09 Å². The van der Waals surface area contributed by atoms with E-state index in [0.29, 0.717) is 31.3 Å². The number of unbranched alkanes of at least 4 members (excludes halogenated alkanes) is 1. The minimum absolute atomic E-state index is 0.129. The summed E-state index contributed by atoms with van der Waals surface area (Å²) in [5.74, 6) is 2.53. The van der Waals surface area contributed by atoms with Crippen LogP contribution >= 0.6 is 0 Å². The van der Waals surface area contributed by atoms with E-state index in [1.165, 1.54) is 18.4 Å². The zero-order valence-corrected chi connectivity index (χ0v) is 15.9. The molecule has 0 spiro atoms. The molecule has 5 aliphatic heterocycles. The van der Waals surface area contributed by atoms with Gasteiger partial charge < -0.3 is 19.1 Å². The maximum Gasteiger partial charge on any atom is 0.410 e. The molecule has 5 heterocycles. The minimum Gasteiger partial charge on any atom is -0.454 e. The van der Waals surface area contributed by atoms with Gasteiger partial charge in [0.1, 0.15) is 0 Å². The number of carbonyl (C=O) groups is 1. The van der Waals surface area contributed by atoms with Crippen LogP contribution in [0.5, 0.6) is 11.5 Å². The smallest absolute Gasteiger partial charge is 0.410 e. The van der Waals surface area contributed by atoms with E-state index < -0.39 is 0 Å². The summed E-state index contributed by atoms with van der Waals surface area (Å²) in [7, 11) is 0. The van der Waals surface area contributed by atoms with E-state index in [4.69, 9.17) is 14.2 Å². The summed E-state index contributed by atoms with van der Waals surface area (Å²) in [5.41, 5.74) is 1.24. The molecule has 0 aliphatic carbocycles. The van der Waals surface area contributed by atoms with Gasteiger partial charge in [-0.05, 0) is 56.0 Å². The van der Waals surface area contributed by atoms with Crippen LogP contribution in [0.2, 0.25) is 0 Å². The van der Waals surface area contributed by atoms with Gasteiger partial charge in [0.2, 0.25) is 6.79 Å². The molecule has 27 heavy (non-hydrogen) atoms. The van der Waals surface area contributed by atoms with E-state index in [0.717, 1.165) is 44.0 Å². The molecule has 1 aromatic rings. The summed E-state index contributed by atoms with van der Waals surface area (Å²) < 4.78 is 16.7. The predicted octanol–water partition coefficient (Wildman–Crippen LogP) is 3.21. The fourth-order valence-corrected chi connectivity index (χ4v) is 5.46. The van der Waals surface area contributed by atoms with Crippen molar-refractivity contribution in [2.24, 2.45) is 5.92 Å². The second-order valence-electron chi connectivity index (χ2n) is 8.19. The SMILES string of the molecule is CCCCOC(=O)N1C[C@@H](c2ccc3c(c2)OCO3)[C@@H]2[C@H]1C1CCN2CC1. The fourth-order valence-electron chi connectivity index (χ4n) is 5.46. The lowest BCUT2D eigenvalue weighted by Gasteiger charge is -2.50. The Hall–Kier alpha value is -1.95. The van der Waals surface area contributed by atoms with E-state index in [9.17, 15) is 4.79 Å². The molecular weight excluding hydrogens is 344 g/mol. The van der Waals surface area contributed by atoms with Crippen LogP contribution in [0.25, 0.3) is 0 Å². The van der Waals surface area contributed by atoms with Crippen LogP contribution in [-0.4, -0.2) is 61.0 Å². The first kappa shape index (κ1) is 17.2. The van der Waals surface area contributed by atoms with Crippen LogP contribution in [0.1, 0.15) is 44.1 Å². The van der Waals surface area contributed by atoms with Crippen LogP contribution < -0.4 is 9.47 Å². The van der Waals surface area contributed by atoms with Gasteiger partial charge in [-0.2, -0.15) is 0 Å². The van der Waals surface area contributed by atoms with Gasteiger partial charge in [0, 0.05) is 18.5 Å². The van der Waals surface area contributed by atoms with Crippen LogP contribution in [0, 0.1) is 5.92 Å². The van der Waals surface area contributed by atoms with Crippen LogP contribution in [0.4, 0.5) is 4.79 Å². The average molecular weight is 372 g/mol. The molecule has 146 valence electrons. The third-order valence-corrected chi connectivity index (χ3v) is 6.78. The number of rotatable bonds is 4. The number of hydrogen-bond acceptors (Lipinski definition) is 5. The number of fused-ring (bicyclic) bond motifs is 3. The Bertz CT molecular complexity index is 716. The van der Waals surface area contributed by atoms with Gasteiger partial charge in [-0.15, -0.1) is 0 Å². The Balaban J connectivity index is 1.43. The van der Waals surface area contributed by atoms with Crippen molar-refractivity contribution in [2.45, 2.75) is 50.6 Å². The van der Waals surface area contributed by atoms with Crippen LogP contribution in [0.3, 0.4) is 0 Å². The maximum atomic E-state index is 12.9. The summed E-state index contributed by atoms with van der Waals surface area (Å²) in [6.07, 6.45) is 4.21. The summed E-state index contributed by atoms with van der Waals surface area (Å²) in [6, 6.07) is 6.92. The molecule has 6 rings (SSSR count). The number of hydrogen-bond donors (Lipinski definition) is 0. The summed E-state index contributed by atoms with van der Waals surface area (Å²) in [4.78, 5) is 17.5. The highest BCUT2D eigenvalue weighted by Crippen LogP contribution is 2.48. The molecule has 3 atom stereocenters. The highest BCUT2D eigenvalue weighted by Gasteiger charge is 2.55. The van der Waals surface area contributed by atoms with Gasteiger partial charge in [0.25, 0.3) is 0 Å². The Labute approximate surface area is 160 Å². The standard InChI is InChI=1S/C21H28N2O4/c1-2-3-10-25-21(24)23-12-16(15-4-5-17-18(11-15)27-13-26-17)20-19(23)14-6-8-22(20)9-7-14/h4-5,11,14,16,19-20H,2-3,6-10,12-13H2,1H3/t16-,19+,20+/m0/s1. The van der Waals surface area contributed by atoms with Crippen molar-refractivity contribution in [3.8, 4) is 11.5 Å². The van der Waals surface area contributed by atoms with Crippen molar-refractivity contribution in [2.75, 3.05) is 33.0 Å². The highest BCUT2D eigenvalue weighted by atomic mass is 16.7. The van der Waals surface area contributed by atoms with E-state index in [1.54, 1.807) is 0 Å². The Morgan fingerprint density at radius 3 is 2.81 bits per heavy atom. The molecule has 0 N–H and O–H groups in total. The molecule has 0 aromatic heterocycles. The van der Waals surface area contributed by atoms with Gasteiger partial charge in [-0.25, -0.2) is 4.79 Å². The average Bonchev–Trinajstić information content (AvgIpc) is 3.34. The molecule has 0 saturated carbocycles. The monoisotopic (exact) mass is 372 g/mol. The predicted molar refractivity (Wildman–Crippen MR) is 100 cm³/mol. The molecule has 1 aromatic carbocycles. The largest absolute Gasteiger partial charge is 0.454 e. The van der Waals surface area contributed by atoms with Crippen molar-refractivity contribution in [1.29, 1.82) is 0 Å². The van der Waals surface area contributed by atoms with Crippen molar-refractivity contribution >= 4 is 6.09 Å². The summed E-state index contributed by atoms with van der Waals surface area (Å²) in [6.45, 7) is 5.94. The molecular formula is C21H28N2O4. The molecule has 5 aliphatic rings. The highest BCUT2D eigenvalue weighted by molar-refractivity contribution is 5.69. The van der Waals surface area contributed by atoms with Gasteiger partial charge in [0.15, 0.2) is 11.5 Å². The minimum atomic E-state index is -0.129. The summed E-state index contributed by atoms with van der Waals surface area (Å²) in [5, 5.41) is 0. The molecule has 4 fully saturated rings. The van der Waals surface area contributed by atoms with E-state index in [-0.39, 0.29) is 12.1 Å².